The zero-order valence-electron chi connectivity index (χ0n) is 14.1. The highest BCUT2D eigenvalue weighted by molar-refractivity contribution is 5.84. The molecule has 3 atom stereocenters. The van der Waals surface area contributed by atoms with Crippen molar-refractivity contribution in [3.05, 3.63) is 30.4 Å². The van der Waals surface area contributed by atoms with E-state index in [0.29, 0.717) is 17.9 Å². The monoisotopic (exact) mass is 301 g/mol. The van der Waals surface area contributed by atoms with E-state index in [9.17, 15) is 4.79 Å². The SMILES string of the molecule is CC(C)=C[C@@H]1[C@@H](C(=O)N2CCC[C@H](n3ccnc3)C2)C1(C)C. The summed E-state index contributed by atoms with van der Waals surface area (Å²) >= 11 is 0. The van der Waals surface area contributed by atoms with Crippen LogP contribution in [-0.2, 0) is 4.79 Å². The summed E-state index contributed by atoms with van der Waals surface area (Å²) in [7, 11) is 0. The molecule has 22 heavy (non-hydrogen) atoms. The van der Waals surface area contributed by atoms with Gasteiger partial charge in [-0.2, -0.15) is 0 Å². The number of hydrogen-bond donors (Lipinski definition) is 0. The highest BCUT2D eigenvalue weighted by Gasteiger charge is 2.61. The number of rotatable bonds is 3. The smallest absolute Gasteiger partial charge is 0.226 e. The summed E-state index contributed by atoms with van der Waals surface area (Å²) in [5, 5.41) is 0. The maximum Gasteiger partial charge on any atom is 0.226 e. The molecule has 120 valence electrons. The molecule has 4 nitrogen and oxygen atoms in total. The Labute approximate surface area is 133 Å². The summed E-state index contributed by atoms with van der Waals surface area (Å²) in [6.07, 6.45) is 10.2. The van der Waals surface area contributed by atoms with Gasteiger partial charge in [0.15, 0.2) is 0 Å². The molecule has 1 amide bonds. The van der Waals surface area contributed by atoms with Crippen molar-refractivity contribution in [2.24, 2.45) is 17.3 Å². The molecular formula is C18H27N3O. The van der Waals surface area contributed by atoms with Crippen molar-refractivity contribution >= 4 is 5.91 Å². The lowest BCUT2D eigenvalue weighted by molar-refractivity contribution is -0.135. The minimum atomic E-state index is 0.107. The van der Waals surface area contributed by atoms with Crippen LogP contribution in [0.2, 0.25) is 0 Å². The number of likely N-dealkylation sites (tertiary alicyclic amines) is 1. The van der Waals surface area contributed by atoms with Crippen LogP contribution in [0.1, 0.15) is 46.6 Å². The van der Waals surface area contributed by atoms with E-state index in [1.807, 2.05) is 18.7 Å². The van der Waals surface area contributed by atoms with Crippen molar-refractivity contribution in [1.82, 2.24) is 14.5 Å². The van der Waals surface area contributed by atoms with Gasteiger partial charge in [0.2, 0.25) is 5.91 Å². The van der Waals surface area contributed by atoms with E-state index in [-0.39, 0.29) is 11.3 Å². The summed E-state index contributed by atoms with van der Waals surface area (Å²) < 4.78 is 2.14. The van der Waals surface area contributed by atoms with Crippen LogP contribution in [0.5, 0.6) is 0 Å². The highest BCUT2D eigenvalue weighted by atomic mass is 16.2. The second kappa shape index (κ2) is 5.56. The molecule has 0 spiro atoms. The normalized spacial score (nSPS) is 30.0. The van der Waals surface area contributed by atoms with Crippen LogP contribution in [0.4, 0.5) is 0 Å². The van der Waals surface area contributed by atoms with Gasteiger partial charge in [-0.05, 0) is 38.0 Å². The number of imidazole rings is 1. The molecular weight excluding hydrogens is 274 g/mol. The first kappa shape index (κ1) is 15.3. The summed E-state index contributed by atoms with van der Waals surface area (Å²) in [6, 6.07) is 0.379. The van der Waals surface area contributed by atoms with Crippen molar-refractivity contribution in [3.8, 4) is 0 Å². The van der Waals surface area contributed by atoms with Crippen LogP contribution in [0, 0.1) is 17.3 Å². The van der Waals surface area contributed by atoms with Crippen LogP contribution in [0.25, 0.3) is 0 Å². The van der Waals surface area contributed by atoms with Crippen LogP contribution in [0.15, 0.2) is 30.4 Å². The van der Waals surface area contributed by atoms with Crippen molar-refractivity contribution in [2.45, 2.75) is 46.6 Å². The largest absolute Gasteiger partial charge is 0.340 e. The molecule has 2 aliphatic rings. The maximum absolute atomic E-state index is 13.0. The number of carbonyl (C=O) groups is 1. The van der Waals surface area contributed by atoms with Gasteiger partial charge < -0.3 is 9.47 Å². The van der Waals surface area contributed by atoms with Gasteiger partial charge in [-0.25, -0.2) is 4.98 Å². The maximum atomic E-state index is 13.0. The van der Waals surface area contributed by atoms with Crippen LogP contribution < -0.4 is 0 Å². The van der Waals surface area contributed by atoms with Crippen molar-refractivity contribution in [1.29, 1.82) is 0 Å². The summed E-state index contributed by atoms with van der Waals surface area (Å²) in [5.74, 6) is 0.903. The molecule has 1 aromatic heterocycles. The molecule has 1 aliphatic carbocycles. The van der Waals surface area contributed by atoms with Gasteiger partial charge >= 0.3 is 0 Å². The van der Waals surface area contributed by atoms with Gasteiger partial charge in [0.1, 0.15) is 0 Å². The Morgan fingerprint density at radius 3 is 2.77 bits per heavy atom. The molecule has 0 N–H and O–H groups in total. The lowest BCUT2D eigenvalue weighted by Gasteiger charge is -2.33. The quantitative estimate of drug-likeness (QED) is 0.804. The number of hydrogen-bond acceptors (Lipinski definition) is 2. The summed E-state index contributed by atoms with van der Waals surface area (Å²) in [4.78, 5) is 19.2. The average molecular weight is 301 g/mol. The molecule has 1 aromatic rings. The van der Waals surface area contributed by atoms with Gasteiger partial charge in [0.05, 0.1) is 18.3 Å². The van der Waals surface area contributed by atoms with Gasteiger partial charge in [-0.15, -0.1) is 0 Å². The lowest BCUT2D eigenvalue weighted by Crippen LogP contribution is -2.42. The topological polar surface area (TPSA) is 38.1 Å². The lowest BCUT2D eigenvalue weighted by atomic mass is 10.0. The van der Waals surface area contributed by atoms with E-state index >= 15 is 0 Å². The minimum absolute atomic E-state index is 0.107. The van der Waals surface area contributed by atoms with Gasteiger partial charge in [0.25, 0.3) is 0 Å². The Morgan fingerprint density at radius 2 is 2.14 bits per heavy atom. The molecule has 1 saturated heterocycles. The predicted octanol–water partition coefficient (Wildman–Crippen LogP) is 3.29. The molecule has 1 aliphatic heterocycles. The Bertz CT molecular complexity index is 569. The molecule has 0 aromatic carbocycles. The van der Waals surface area contributed by atoms with Crippen molar-refractivity contribution in [3.63, 3.8) is 0 Å². The van der Waals surface area contributed by atoms with Gasteiger partial charge in [-0.3, -0.25) is 4.79 Å². The Kier molecular flexibility index (Phi) is 3.87. The molecule has 4 heteroatoms. The first-order valence-electron chi connectivity index (χ1n) is 8.32. The first-order valence-corrected chi connectivity index (χ1v) is 8.32. The number of piperidine rings is 1. The molecule has 0 bridgehead atoms. The van der Waals surface area contributed by atoms with Crippen LogP contribution in [-0.4, -0.2) is 33.4 Å². The van der Waals surface area contributed by atoms with E-state index in [1.165, 1.54) is 5.57 Å². The van der Waals surface area contributed by atoms with Crippen LogP contribution >= 0.6 is 0 Å². The third-order valence-corrected chi connectivity index (χ3v) is 5.34. The molecule has 0 unspecified atom stereocenters. The van der Waals surface area contributed by atoms with Crippen LogP contribution in [0.3, 0.4) is 0 Å². The van der Waals surface area contributed by atoms with E-state index in [0.717, 1.165) is 25.9 Å². The second-order valence-corrected chi connectivity index (χ2v) is 7.66. The minimum Gasteiger partial charge on any atom is -0.340 e. The fourth-order valence-corrected chi connectivity index (χ4v) is 3.90. The molecule has 2 fully saturated rings. The number of nitrogens with zero attached hydrogens (tertiary/aromatic N) is 3. The number of carbonyl (C=O) groups excluding carboxylic acids is 1. The second-order valence-electron chi connectivity index (χ2n) is 7.66. The molecule has 3 rings (SSSR count). The van der Waals surface area contributed by atoms with E-state index in [1.54, 1.807) is 0 Å². The zero-order valence-corrected chi connectivity index (χ0v) is 14.1. The van der Waals surface area contributed by atoms with Crippen molar-refractivity contribution < 1.29 is 4.79 Å². The molecule has 1 saturated carbocycles. The van der Waals surface area contributed by atoms with Gasteiger partial charge in [-0.1, -0.05) is 25.5 Å². The average Bonchev–Trinajstić information content (AvgIpc) is 2.87. The number of aromatic nitrogens is 2. The zero-order chi connectivity index (χ0) is 15.9. The number of amides is 1. The molecule has 0 radical (unpaired) electrons. The standard InChI is InChI=1S/C18H27N3O/c1-13(2)10-15-16(18(15,3)4)17(22)20-8-5-6-14(11-20)21-9-7-19-12-21/h7,9-10,12,14-16H,5-6,8,11H2,1-4H3/t14-,15+,16-/m0/s1. The first-order chi connectivity index (χ1) is 10.4. The van der Waals surface area contributed by atoms with E-state index in [4.69, 9.17) is 0 Å². The highest BCUT2D eigenvalue weighted by Crippen LogP contribution is 2.60. The third kappa shape index (κ3) is 2.71. The Morgan fingerprint density at radius 1 is 1.36 bits per heavy atom. The third-order valence-electron chi connectivity index (χ3n) is 5.34. The van der Waals surface area contributed by atoms with Crippen molar-refractivity contribution in [2.75, 3.05) is 13.1 Å². The van der Waals surface area contributed by atoms with Gasteiger partial charge in [0, 0.05) is 25.5 Å². The fraction of sp³-hybridized carbons (Fsp3) is 0.667. The Hall–Kier alpha value is -1.58. The predicted molar refractivity (Wildman–Crippen MR) is 87.3 cm³/mol. The summed E-state index contributed by atoms with van der Waals surface area (Å²) in [6.45, 7) is 10.4. The van der Waals surface area contributed by atoms with E-state index in [2.05, 4.69) is 48.2 Å². The fourth-order valence-electron chi connectivity index (χ4n) is 3.90. The number of allylic oxidation sites excluding steroid dienone is 2. The molecule has 2 heterocycles. The van der Waals surface area contributed by atoms with E-state index < -0.39 is 0 Å². The summed E-state index contributed by atoms with van der Waals surface area (Å²) in [5.41, 5.74) is 1.42. The Balaban J connectivity index is 1.69.